The lowest BCUT2D eigenvalue weighted by atomic mass is 9.81. The van der Waals surface area contributed by atoms with Gasteiger partial charge in [-0.15, -0.1) is 0 Å². The van der Waals surface area contributed by atoms with E-state index in [4.69, 9.17) is 5.73 Å². The molecule has 2 aromatic rings. The van der Waals surface area contributed by atoms with Crippen LogP contribution >= 0.6 is 0 Å². The quantitative estimate of drug-likeness (QED) is 0.724. The molecule has 0 radical (unpaired) electrons. The van der Waals surface area contributed by atoms with E-state index in [0.717, 1.165) is 17.0 Å². The fraction of sp³-hybridized carbons (Fsp3) is 0.529. The summed E-state index contributed by atoms with van der Waals surface area (Å²) in [5.74, 6) is -1.80. The lowest BCUT2D eigenvalue weighted by Crippen LogP contribution is -2.30. The Morgan fingerprint density at radius 1 is 1.17 bits per heavy atom. The average molecular weight is 424 g/mol. The summed E-state index contributed by atoms with van der Waals surface area (Å²) in [5.41, 5.74) is 2.05. The van der Waals surface area contributed by atoms with Crippen LogP contribution in [0, 0.1) is 5.92 Å². The number of imidazole rings is 1. The predicted molar refractivity (Wildman–Crippen MR) is 86.1 cm³/mol. The molecule has 5 nitrogen and oxygen atoms in total. The Balaban J connectivity index is 1.80. The van der Waals surface area contributed by atoms with E-state index in [-0.39, 0.29) is 36.4 Å². The Kier molecular flexibility index (Phi) is 4.17. The summed E-state index contributed by atoms with van der Waals surface area (Å²) in [7, 11) is 0. The van der Waals surface area contributed by atoms with Crippen molar-refractivity contribution in [3.8, 4) is 11.3 Å². The van der Waals surface area contributed by atoms with E-state index in [1.165, 1.54) is 0 Å². The van der Waals surface area contributed by atoms with Crippen molar-refractivity contribution in [1.29, 1.82) is 0 Å². The van der Waals surface area contributed by atoms with Crippen molar-refractivity contribution in [2.45, 2.75) is 49.4 Å². The number of fused-ring (bicyclic) bond motifs is 1. The van der Waals surface area contributed by atoms with Crippen LogP contribution in [0.15, 0.2) is 18.5 Å². The first-order valence-corrected chi connectivity index (χ1v) is 8.64. The number of anilines is 1. The largest absolute Gasteiger partial charge is 0.421 e. The van der Waals surface area contributed by atoms with Crippen molar-refractivity contribution in [2.24, 2.45) is 5.92 Å². The van der Waals surface area contributed by atoms with Gasteiger partial charge in [-0.3, -0.25) is 0 Å². The molecular formula is C17H15F7N4O. The first-order chi connectivity index (χ1) is 13.3. The second-order valence-electron chi connectivity index (χ2n) is 7.58. The van der Waals surface area contributed by atoms with Crippen LogP contribution in [0.4, 0.5) is 36.6 Å². The van der Waals surface area contributed by atoms with E-state index < -0.39 is 47.4 Å². The minimum atomic E-state index is -5.05. The molecule has 2 heterocycles. The molecule has 3 aliphatic carbocycles. The summed E-state index contributed by atoms with van der Waals surface area (Å²) in [5, 5.41) is 9.73. The monoisotopic (exact) mass is 424 g/mol. The van der Waals surface area contributed by atoms with Gasteiger partial charge >= 0.3 is 12.4 Å². The van der Waals surface area contributed by atoms with Gasteiger partial charge in [-0.1, -0.05) is 0 Å². The number of hydrogen-bond acceptors (Lipinski definition) is 4. The van der Waals surface area contributed by atoms with Gasteiger partial charge in [0.25, 0.3) is 0 Å². The Hall–Kier alpha value is -2.37. The molecule has 2 atom stereocenters. The van der Waals surface area contributed by atoms with Crippen molar-refractivity contribution in [2.75, 3.05) is 5.73 Å². The summed E-state index contributed by atoms with van der Waals surface area (Å²) in [6.45, 7) is 0. The molecule has 158 valence electrons. The van der Waals surface area contributed by atoms with Crippen LogP contribution in [0.1, 0.15) is 42.8 Å². The molecule has 0 saturated heterocycles. The van der Waals surface area contributed by atoms with Crippen molar-refractivity contribution in [1.82, 2.24) is 14.5 Å². The summed E-state index contributed by atoms with van der Waals surface area (Å²) in [4.78, 5) is 7.19. The smallest absolute Gasteiger partial charge is 0.383 e. The van der Waals surface area contributed by atoms with Crippen molar-refractivity contribution in [3.63, 3.8) is 0 Å². The highest BCUT2D eigenvalue weighted by Crippen LogP contribution is 2.60. The van der Waals surface area contributed by atoms with Gasteiger partial charge in [0.15, 0.2) is 0 Å². The van der Waals surface area contributed by atoms with E-state index in [0.29, 0.717) is 6.07 Å². The zero-order valence-electron chi connectivity index (χ0n) is 14.6. The van der Waals surface area contributed by atoms with Gasteiger partial charge in [0, 0.05) is 30.4 Å². The molecule has 0 amide bonds. The van der Waals surface area contributed by atoms with Gasteiger partial charge in [-0.05, 0) is 24.8 Å². The number of nitrogens with two attached hydrogens (primary N) is 1. The molecular weight excluding hydrogens is 409 g/mol. The molecule has 3 N–H and O–H groups in total. The Morgan fingerprint density at radius 3 is 2.34 bits per heavy atom. The molecule has 12 heteroatoms. The third-order valence-electron chi connectivity index (χ3n) is 5.57. The maximum Gasteiger partial charge on any atom is 0.421 e. The molecule has 5 rings (SSSR count). The average Bonchev–Trinajstić information content (AvgIpc) is 3.22. The normalized spacial score (nSPS) is 27.7. The van der Waals surface area contributed by atoms with Gasteiger partial charge in [0.05, 0.1) is 11.3 Å². The van der Waals surface area contributed by atoms with E-state index in [1.54, 1.807) is 0 Å². The fourth-order valence-corrected chi connectivity index (χ4v) is 4.19. The molecule has 3 saturated carbocycles. The van der Waals surface area contributed by atoms with Gasteiger partial charge in [-0.2, -0.15) is 26.3 Å². The van der Waals surface area contributed by atoms with Crippen LogP contribution in [0.25, 0.3) is 11.3 Å². The number of alkyl halides is 7. The first kappa shape index (κ1) is 19.9. The second-order valence-corrected chi connectivity index (χ2v) is 7.58. The standard InChI is InChI=1S/C17H15F7N4O/c18-15-2-8(3-15)11(4-15)28-6-10(27-14(28)12(29)17(22,23)24)7-1-9(16(19,20)21)13(25)26-5-7/h1,5-6,8,11-12,29H,2-4H2,(H2,25,26)/t8?,11?,12-,15?/m0/s1. The Bertz CT molecular complexity index is 946. The molecule has 29 heavy (non-hydrogen) atoms. The van der Waals surface area contributed by atoms with Crippen LogP contribution in [-0.4, -0.2) is 31.5 Å². The van der Waals surface area contributed by atoms with E-state index in [1.807, 2.05) is 0 Å². The summed E-state index contributed by atoms with van der Waals surface area (Å²) < 4.78 is 93.9. The number of nitrogen functional groups attached to an aromatic ring is 1. The second kappa shape index (κ2) is 6.07. The van der Waals surface area contributed by atoms with Gasteiger partial charge in [0.2, 0.25) is 6.10 Å². The maximum atomic E-state index is 14.3. The molecule has 0 spiro atoms. The number of nitrogens with zero attached hydrogens (tertiary/aromatic N) is 3. The minimum absolute atomic E-state index is 0.0428. The van der Waals surface area contributed by atoms with Crippen LogP contribution < -0.4 is 5.73 Å². The number of halogens is 7. The zero-order valence-corrected chi connectivity index (χ0v) is 14.6. The highest BCUT2D eigenvalue weighted by Gasteiger charge is 2.58. The Labute approximate surface area is 159 Å². The number of aliphatic hydroxyl groups excluding tert-OH is 1. The van der Waals surface area contributed by atoms with E-state index >= 15 is 0 Å². The molecule has 0 aliphatic heterocycles. The summed E-state index contributed by atoms with van der Waals surface area (Å²) in [6.07, 6.45) is -10.4. The van der Waals surface area contributed by atoms with Crippen molar-refractivity contribution in [3.05, 3.63) is 29.8 Å². The zero-order chi connectivity index (χ0) is 21.4. The van der Waals surface area contributed by atoms with Gasteiger partial charge < -0.3 is 15.4 Å². The first-order valence-electron chi connectivity index (χ1n) is 8.64. The lowest BCUT2D eigenvalue weighted by Gasteiger charge is -2.30. The molecule has 2 bridgehead atoms. The molecule has 0 aromatic carbocycles. The topological polar surface area (TPSA) is 77.0 Å². The number of pyridine rings is 1. The molecule has 3 fully saturated rings. The summed E-state index contributed by atoms with van der Waals surface area (Å²) in [6, 6.07) is -0.0404. The van der Waals surface area contributed by atoms with E-state index in [2.05, 4.69) is 9.97 Å². The number of rotatable bonds is 3. The van der Waals surface area contributed by atoms with Crippen LogP contribution in [0.3, 0.4) is 0 Å². The van der Waals surface area contributed by atoms with Crippen molar-refractivity contribution >= 4 is 5.82 Å². The van der Waals surface area contributed by atoms with E-state index in [9.17, 15) is 35.8 Å². The SMILES string of the molecule is Nc1ncc(-c2cn(C3CC4(F)CC3C4)c([C@H](O)C(F)(F)F)n2)cc1C(F)(F)F. The predicted octanol–water partition coefficient (Wildman–Crippen LogP) is 4.20. The highest BCUT2D eigenvalue weighted by molar-refractivity contribution is 5.62. The van der Waals surface area contributed by atoms with Crippen LogP contribution in [0.2, 0.25) is 0 Å². The molecule has 1 unspecified atom stereocenters. The fourth-order valence-electron chi connectivity index (χ4n) is 4.19. The molecule has 3 aliphatic rings. The number of aromatic nitrogens is 3. The van der Waals surface area contributed by atoms with Crippen molar-refractivity contribution < 1.29 is 35.8 Å². The van der Waals surface area contributed by atoms with Gasteiger partial charge in [0.1, 0.15) is 17.3 Å². The highest BCUT2D eigenvalue weighted by atomic mass is 19.4. The maximum absolute atomic E-state index is 14.3. The van der Waals surface area contributed by atoms with Crippen LogP contribution in [0.5, 0.6) is 0 Å². The number of aliphatic hydroxyl groups is 1. The molecule has 2 aromatic heterocycles. The van der Waals surface area contributed by atoms with Crippen LogP contribution in [-0.2, 0) is 6.18 Å². The minimum Gasteiger partial charge on any atom is -0.383 e. The Morgan fingerprint density at radius 2 is 1.83 bits per heavy atom. The van der Waals surface area contributed by atoms with Gasteiger partial charge in [-0.25, -0.2) is 14.4 Å². The number of hydrogen-bond donors (Lipinski definition) is 2. The summed E-state index contributed by atoms with van der Waals surface area (Å²) >= 11 is 0. The lowest BCUT2D eigenvalue weighted by molar-refractivity contribution is -0.210. The third-order valence-corrected chi connectivity index (χ3v) is 5.57. The third kappa shape index (κ3) is 3.32.